The molecule has 0 aromatic carbocycles. The molecular formula is C16H35N3. The summed E-state index contributed by atoms with van der Waals surface area (Å²) in [5, 5.41) is 0. The van der Waals surface area contributed by atoms with Crippen molar-refractivity contribution in [1.29, 1.82) is 0 Å². The Morgan fingerprint density at radius 2 is 1.63 bits per heavy atom. The first-order valence-electron chi connectivity index (χ1n) is 8.18. The largest absolute Gasteiger partial charge is 0.329 e. The minimum absolute atomic E-state index is 0.311. The highest BCUT2D eigenvalue weighted by Gasteiger charge is 2.28. The number of piperazine rings is 1. The minimum atomic E-state index is 0.311. The van der Waals surface area contributed by atoms with E-state index >= 15 is 0 Å². The van der Waals surface area contributed by atoms with Gasteiger partial charge in [-0.3, -0.25) is 9.80 Å². The molecule has 1 aliphatic rings. The van der Waals surface area contributed by atoms with Crippen molar-refractivity contribution in [3.8, 4) is 0 Å². The molecule has 0 aromatic heterocycles. The number of nitrogens with zero attached hydrogens (tertiary/aromatic N) is 2. The van der Waals surface area contributed by atoms with E-state index in [9.17, 15) is 0 Å². The fourth-order valence-corrected chi connectivity index (χ4v) is 3.01. The number of nitrogens with two attached hydrogens (primary N) is 1. The van der Waals surface area contributed by atoms with Gasteiger partial charge in [-0.25, -0.2) is 0 Å². The van der Waals surface area contributed by atoms with Crippen molar-refractivity contribution in [3.63, 3.8) is 0 Å². The van der Waals surface area contributed by atoms with Gasteiger partial charge in [0.25, 0.3) is 0 Å². The summed E-state index contributed by atoms with van der Waals surface area (Å²) in [7, 11) is 0. The molecule has 0 amide bonds. The van der Waals surface area contributed by atoms with E-state index in [0.29, 0.717) is 11.6 Å². The molecule has 1 heterocycles. The summed E-state index contributed by atoms with van der Waals surface area (Å²) in [5.74, 6) is 0. The summed E-state index contributed by atoms with van der Waals surface area (Å²) in [6, 6.07) is 0.610. The zero-order valence-electron chi connectivity index (χ0n) is 13.6. The molecule has 1 rings (SSSR count). The molecule has 1 aliphatic heterocycles. The van der Waals surface area contributed by atoms with E-state index < -0.39 is 0 Å². The summed E-state index contributed by atoms with van der Waals surface area (Å²) in [6.07, 6.45) is 6.68. The summed E-state index contributed by atoms with van der Waals surface area (Å²) in [4.78, 5) is 5.21. The fraction of sp³-hybridized carbons (Fsp3) is 1.00. The van der Waals surface area contributed by atoms with Gasteiger partial charge in [0, 0.05) is 44.3 Å². The van der Waals surface area contributed by atoms with Crippen LogP contribution in [0.15, 0.2) is 0 Å². The molecule has 0 bridgehead atoms. The number of rotatable bonds is 7. The molecule has 0 radical (unpaired) electrons. The van der Waals surface area contributed by atoms with E-state index in [-0.39, 0.29) is 0 Å². The van der Waals surface area contributed by atoms with E-state index in [1.807, 2.05) is 0 Å². The van der Waals surface area contributed by atoms with Crippen LogP contribution in [0, 0.1) is 0 Å². The van der Waals surface area contributed by atoms with Crippen LogP contribution in [0.1, 0.15) is 59.8 Å². The Bertz CT molecular complexity index is 227. The van der Waals surface area contributed by atoms with Crippen LogP contribution in [0.2, 0.25) is 0 Å². The minimum Gasteiger partial charge on any atom is -0.329 e. The van der Waals surface area contributed by atoms with Gasteiger partial charge < -0.3 is 5.73 Å². The van der Waals surface area contributed by atoms with Crippen LogP contribution in [-0.2, 0) is 0 Å². The van der Waals surface area contributed by atoms with Crippen molar-refractivity contribution in [2.75, 3.05) is 32.7 Å². The molecule has 114 valence electrons. The van der Waals surface area contributed by atoms with Crippen LogP contribution >= 0.6 is 0 Å². The Morgan fingerprint density at radius 1 is 1.00 bits per heavy atom. The lowest BCUT2D eigenvalue weighted by Crippen LogP contribution is -2.56. The second kappa shape index (κ2) is 8.23. The molecular weight excluding hydrogens is 234 g/mol. The lowest BCUT2D eigenvalue weighted by Gasteiger charge is -2.44. The molecule has 1 saturated heterocycles. The molecule has 3 heteroatoms. The molecule has 0 spiro atoms. The summed E-state index contributed by atoms with van der Waals surface area (Å²) in [5.41, 5.74) is 6.29. The molecule has 0 aromatic rings. The maximum atomic E-state index is 5.98. The first-order valence-corrected chi connectivity index (χ1v) is 8.18. The average molecular weight is 269 g/mol. The Morgan fingerprint density at radius 3 is 2.11 bits per heavy atom. The van der Waals surface area contributed by atoms with Crippen LogP contribution < -0.4 is 5.73 Å². The second-order valence-electron chi connectivity index (χ2n) is 6.93. The third kappa shape index (κ3) is 5.80. The zero-order chi connectivity index (χ0) is 14.3. The third-order valence-electron chi connectivity index (χ3n) is 4.44. The maximum Gasteiger partial charge on any atom is 0.0219 e. The Kier molecular flexibility index (Phi) is 7.33. The SMILES string of the molecule is CCCCCCC(CN)N1CCN(C(C)(C)C)CC1. The Hall–Kier alpha value is -0.120. The molecule has 1 fully saturated rings. The lowest BCUT2D eigenvalue weighted by atomic mass is 10.0. The highest BCUT2D eigenvalue weighted by molar-refractivity contribution is 4.85. The van der Waals surface area contributed by atoms with Gasteiger partial charge in [0.2, 0.25) is 0 Å². The quantitative estimate of drug-likeness (QED) is 0.721. The molecule has 0 saturated carbocycles. The lowest BCUT2D eigenvalue weighted by molar-refractivity contribution is 0.0413. The first-order chi connectivity index (χ1) is 8.99. The van der Waals surface area contributed by atoms with Crippen LogP contribution in [0.25, 0.3) is 0 Å². The van der Waals surface area contributed by atoms with Gasteiger partial charge in [-0.15, -0.1) is 0 Å². The van der Waals surface area contributed by atoms with Crippen LogP contribution in [-0.4, -0.2) is 54.1 Å². The number of unbranched alkanes of at least 4 members (excludes halogenated alkanes) is 3. The molecule has 0 aliphatic carbocycles. The van der Waals surface area contributed by atoms with E-state index in [2.05, 4.69) is 37.5 Å². The molecule has 19 heavy (non-hydrogen) atoms. The van der Waals surface area contributed by atoms with Gasteiger partial charge in [0.05, 0.1) is 0 Å². The first kappa shape index (κ1) is 16.9. The number of hydrogen-bond donors (Lipinski definition) is 1. The predicted molar refractivity (Wildman–Crippen MR) is 84.5 cm³/mol. The Balaban J connectivity index is 2.31. The number of hydrogen-bond acceptors (Lipinski definition) is 3. The van der Waals surface area contributed by atoms with Gasteiger partial charge in [0.1, 0.15) is 0 Å². The smallest absolute Gasteiger partial charge is 0.0219 e. The third-order valence-corrected chi connectivity index (χ3v) is 4.44. The van der Waals surface area contributed by atoms with Crippen LogP contribution in [0.4, 0.5) is 0 Å². The van der Waals surface area contributed by atoms with Gasteiger partial charge in [-0.05, 0) is 27.2 Å². The Labute approximate surface area is 120 Å². The van der Waals surface area contributed by atoms with Crippen LogP contribution in [0.5, 0.6) is 0 Å². The van der Waals surface area contributed by atoms with E-state index in [0.717, 1.165) is 6.54 Å². The monoisotopic (exact) mass is 269 g/mol. The van der Waals surface area contributed by atoms with Crippen LogP contribution in [0.3, 0.4) is 0 Å². The van der Waals surface area contributed by atoms with E-state index in [1.165, 1.54) is 58.3 Å². The molecule has 1 unspecified atom stereocenters. The van der Waals surface area contributed by atoms with Gasteiger partial charge >= 0.3 is 0 Å². The van der Waals surface area contributed by atoms with E-state index in [1.54, 1.807) is 0 Å². The summed E-state index contributed by atoms with van der Waals surface area (Å²) in [6.45, 7) is 14.8. The van der Waals surface area contributed by atoms with Gasteiger partial charge in [-0.1, -0.05) is 32.6 Å². The second-order valence-corrected chi connectivity index (χ2v) is 6.93. The summed E-state index contributed by atoms with van der Waals surface area (Å²) < 4.78 is 0. The van der Waals surface area contributed by atoms with E-state index in [4.69, 9.17) is 5.73 Å². The fourth-order valence-electron chi connectivity index (χ4n) is 3.01. The normalized spacial score (nSPS) is 20.7. The predicted octanol–water partition coefficient (Wildman–Crippen LogP) is 2.70. The standard InChI is InChI=1S/C16H35N3/c1-5-6-7-8-9-15(14-17)18-10-12-19(13-11-18)16(2,3)4/h15H,5-14,17H2,1-4H3. The summed E-state index contributed by atoms with van der Waals surface area (Å²) >= 11 is 0. The van der Waals surface area contributed by atoms with Crippen molar-refractivity contribution in [3.05, 3.63) is 0 Å². The van der Waals surface area contributed by atoms with Crippen molar-refractivity contribution in [2.24, 2.45) is 5.73 Å². The van der Waals surface area contributed by atoms with Crippen molar-refractivity contribution >= 4 is 0 Å². The average Bonchev–Trinajstić information content (AvgIpc) is 2.38. The molecule has 2 N–H and O–H groups in total. The van der Waals surface area contributed by atoms with Gasteiger partial charge in [-0.2, -0.15) is 0 Å². The highest BCUT2D eigenvalue weighted by atomic mass is 15.3. The van der Waals surface area contributed by atoms with Crippen molar-refractivity contribution in [2.45, 2.75) is 71.4 Å². The zero-order valence-corrected chi connectivity index (χ0v) is 13.6. The molecule has 1 atom stereocenters. The molecule has 3 nitrogen and oxygen atoms in total. The maximum absolute atomic E-state index is 5.98. The van der Waals surface area contributed by atoms with Gasteiger partial charge in [0.15, 0.2) is 0 Å². The topological polar surface area (TPSA) is 32.5 Å². The van der Waals surface area contributed by atoms with Crippen molar-refractivity contribution < 1.29 is 0 Å². The van der Waals surface area contributed by atoms with Crippen molar-refractivity contribution in [1.82, 2.24) is 9.80 Å². The highest BCUT2D eigenvalue weighted by Crippen LogP contribution is 2.18.